The van der Waals surface area contributed by atoms with Crippen LogP contribution >= 0.6 is 11.3 Å². The van der Waals surface area contributed by atoms with Gasteiger partial charge in [0.25, 0.3) is 5.91 Å². The van der Waals surface area contributed by atoms with Crippen molar-refractivity contribution < 1.29 is 4.79 Å². The van der Waals surface area contributed by atoms with Gasteiger partial charge in [-0.2, -0.15) is 5.10 Å². The van der Waals surface area contributed by atoms with E-state index in [9.17, 15) is 4.79 Å². The Labute approximate surface area is 116 Å². The molecule has 0 aliphatic heterocycles. The van der Waals surface area contributed by atoms with Gasteiger partial charge in [0.1, 0.15) is 0 Å². The number of aryl methyl sites for hydroxylation is 1. The highest BCUT2D eigenvalue weighted by molar-refractivity contribution is 7.11. The van der Waals surface area contributed by atoms with Crippen LogP contribution in [-0.4, -0.2) is 18.7 Å². The van der Waals surface area contributed by atoms with Crippen molar-refractivity contribution in [3.63, 3.8) is 0 Å². The number of rotatable bonds is 5. The van der Waals surface area contributed by atoms with Gasteiger partial charge in [0.2, 0.25) is 0 Å². The number of anilines is 1. The Balaban J connectivity index is 1.78. The second-order valence-electron chi connectivity index (χ2n) is 3.98. The SMILES string of the molecule is Cc1ccccc1NCC(=O)N/N=C\c1cccs1. The molecule has 1 amide bonds. The standard InChI is InChI=1S/C14H15N3OS/c1-11-5-2-3-7-13(11)15-10-14(18)17-16-9-12-6-4-8-19-12/h2-9,15H,10H2,1H3,(H,17,18)/b16-9-. The molecular formula is C14H15N3OS. The van der Waals surface area contributed by atoms with E-state index >= 15 is 0 Å². The van der Waals surface area contributed by atoms with Gasteiger partial charge in [-0.05, 0) is 30.0 Å². The predicted octanol–water partition coefficient (Wildman–Crippen LogP) is 2.62. The molecule has 0 unspecified atom stereocenters. The first-order valence-corrected chi connectivity index (χ1v) is 6.78. The topological polar surface area (TPSA) is 53.5 Å². The Morgan fingerprint density at radius 2 is 2.16 bits per heavy atom. The van der Waals surface area contributed by atoms with E-state index in [1.54, 1.807) is 17.6 Å². The second-order valence-corrected chi connectivity index (χ2v) is 4.96. The van der Waals surface area contributed by atoms with Crippen molar-refractivity contribution in [2.75, 3.05) is 11.9 Å². The number of hydrazone groups is 1. The Kier molecular flexibility index (Phi) is 4.69. The maximum Gasteiger partial charge on any atom is 0.259 e. The average Bonchev–Trinajstić information content (AvgIpc) is 2.91. The Morgan fingerprint density at radius 3 is 2.89 bits per heavy atom. The number of carbonyl (C=O) groups excluding carboxylic acids is 1. The normalized spacial score (nSPS) is 10.6. The third-order valence-electron chi connectivity index (χ3n) is 2.51. The second kappa shape index (κ2) is 6.70. The van der Waals surface area contributed by atoms with Crippen LogP contribution in [0.3, 0.4) is 0 Å². The molecule has 0 aliphatic carbocycles. The number of nitrogens with zero attached hydrogens (tertiary/aromatic N) is 1. The minimum Gasteiger partial charge on any atom is -0.376 e. The fourth-order valence-corrected chi connectivity index (χ4v) is 2.10. The first-order valence-electron chi connectivity index (χ1n) is 5.90. The lowest BCUT2D eigenvalue weighted by molar-refractivity contribution is -0.119. The molecule has 98 valence electrons. The lowest BCUT2D eigenvalue weighted by atomic mass is 10.2. The van der Waals surface area contributed by atoms with Crippen molar-refractivity contribution in [1.82, 2.24) is 5.43 Å². The number of nitrogens with one attached hydrogen (secondary N) is 2. The lowest BCUT2D eigenvalue weighted by Gasteiger charge is -2.07. The van der Waals surface area contributed by atoms with Crippen LogP contribution < -0.4 is 10.7 Å². The van der Waals surface area contributed by atoms with E-state index in [2.05, 4.69) is 15.8 Å². The number of hydrogen-bond donors (Lipinski definition) is 2. The summed E-state index contributed by atoms with van der Waals surface area (Å²) < 4.78 is 0. The highest BCUT2D eigenvalue weighted by Crippen LogP contribution is 2.12. The van der Waals surface area contributed by atoms with E-state index in [1.807, 2.05) is 48.7 Å². The molecule has 2 N–H and O–H groups in total. The molecule has 1 heterocycles. The molecule has 19 heavy (non-hydrogen) atoms. The van der Waals surface area contributed by atoms with Gasteiger partial charge in [-0.15, -0.1) is 11.3 Å². The molecule has 1 aromatic heterocycles. The van der Waals surface area contributed by atoms with Gasteiger partial charge in [0.05, 0.1) is 12.8 Å². The van der Waals surface area contributed by atoms with E-state index in [0.717, 1.165) is 16.1 Å². The van der Waals surface area contributed by atoms with Crippen LogP contribution in [0.15, 0.2) is 46.9 Å². The number of benzene rings is 1. The Hall–Kier alpha value is -2.14. The van der Waals surface area contributed by atoms with Crippen molar-refractivity contribution in [1.29, 1.82) is 0 Å². The maximum atomic E-state index is 11.6. The van der Waals surface area contributed by atoms with E-state index in [-0.39, 0.29) is 12.5 Å². The number of hydrogen-bond acceptors (Lipinski definition) is 4. The van der Waals surface area contributed by atoms with Crippen molar-refractivity contribution >= 4 is 29.1 Å². The molecule has 5 heteroatoms. The molecular weight excluding hydrogens is 258 g/mol. The highest BCUT2D eigenvalue weighted by atomic mass is 32.1. The molecule has 2 aromatic rings. The molecule has 0 radical (unpaired) electrons. The summed E-state index contributed by atoms with van der Waals surface area (Å²) >= 11 is 1.57. The van der Waals surface area contributed by atoms with Crippen LogP contribution in [-0.2, 0) is 4.79 Å². The third-order valence-corrected chi connectivity index (χ3v) is 3.32. The van der Waals surface area contributed by atoms with Crippen LogP contribution in [0.4, 0.5) is 5.69 Å². The summed E-state index contributed by atoms with van der Waals surface area (Å²) in [6.45, 7) is 2.20. The molecule has 0 saturated heterocycles. The van der Waals surface area contributed by atoms with Gasteiger partial charge in [-0.3, -0.25) is 4.79 Å². The smallest absolute Gasteiger partial charge is 0.259 e. The van der Waals surface area contributed by atoms with Crippen molar-refractivity contribution in [3.8, 4) is 0 Å². The van der Waals surface area contributed by atoms with E-state index in [0.29, 0.717) is 0 Å². The minimum absolute atomic E-state index is 0.170. The van der Waals surface area contributed by atoms with Gasteiger partial charge in [-0.25, -0.2) is 5.43 Å². The zero-order valence-corrected chi connectivity index (χ0v) is 11.4. The summed E-state index contributed by atoms with van der Waals surface area (Å²) in [5.41, 5.74) is 4.55. The fraction of sp³-hybridized carbons (Fsp3) is 0.143. The average molecular weight is 273 g/mol. The van der Waals surface area contributed by atoms with Crippen LogP contribution in [0.5, 0.6) is 0 Å². The summed E-state index contributed by atoms with van der Waals surface area (Å²) in [6.07, 6.45) is 1.64. The van der Waals surface area contributed by atoms with Crippen LogP contribution in [0, 0.1) is 6.92 Å². The van der Waals surface area contributed by atoms with E-state index in [1.165, 1.54) is 0 Å². The van der Waals surface area contributed by atoms with Crippen molar-refractivity contribution in [3.05, 3.63) is 52.2 Å². The summed E-state index contributed by atoms with van der Waals surface area (Å²) in [4.78, 5) is 12.6. The zero-order chi connectivity index (χ0) is 13.5. The van der Waals surface area contributed by atoms with Gasteiger partial charge >= 0.3 is 0 Å². The van der Waals surface area contributed by atoms with E-state index < -0.39 is 0 Å². The predicted molar refractivity (Wildman–Crippen MR) is 79.7 cm³/mol. The summed E-state index contributed by atoms with van der Waals surface area (Å²) in [6, 6.07) is 11.7. The number of amides is 1. The summed E-state index contributed by atoms with van der Waals surface area (Å²) in [5, 5.41) is 8.93. The Morgan fingerprint density at radius 1 is 1.32 bits per heavy atom. The molecule has 0 atom stereocenters. The van der Waals surface area contributed by atoms with Gasteiger partial charge in [0.15, 0.2) is 0 Å². The molecule has 0 spiro atoms. The van der Waals surface area contributed by atoms with Crippen molar-refractivity contribution in [2.45, 2.75) is 6.92 Å². The van der Waals surface area contributed by atoms with Gasteiger partial charge in [-0.1, -0.05) is 24.3 Å². The van der Waals surface area contributed by atoms with Crippen LogP contribution in [0.2, 0.25) is 0 Å². The molecule has 2 rings (SSSR count). The van der Waals surface area contributed by atoms with Gasteiger partial charge in [0, 0.05) is 10.6 Å². The third kappa shape index (κ3) is 4.22. The number of para-hydroxylation sites is 1. The molecule has 1 aromatic carbocycles. The lowest BCUT2D eigenvalue weighted by Crippen LogP contribution is -2.26. The Bertz CT molecular complexity index is 564. The molecule has 0 bridgehead atoms. The maximum absolute atomic E-state index is 11.6. The first kappa shape index (κ1) is 13.3. The van der Waals surface area contributed by atoms with Crippen LogP contribution in [0.25, 0.3) is 0 Å². The molecule has 0 aliphatic rings. The number of thiophene rings is 1. The quantitative estimate of drug-likeness (QED) is 0.650. The highest BCUT2D eigenvalue weighted by Gasteiger charge is 2.00. The van der Waals surface area contributed by atoms with Gasteiger partial charge < -0.3 is 5.32 Å². The minimum atomic E-state index is -0.170. The van der Waals surface area contributed by atoms with Crippen molar-refractivity contribution in [2.24, 2.45) is 5.10 Å². The van der Waals surface area contributed by atoms with Crippen LogP contribution in [0.1, 0.15) is 10.4 Å². The monoisotopic (exact) mass is 273 g/mol. The summed E-state index contributed by atoms with van der Waals surface area (Å²) in [5.74, 6) is -0.170. The fourth-order valence-electron chi connectivity index (χ4n) is 1.52. The molecule has 0 saturated carbocycles. The largest absolute Gasteiger partial charge is 0.376 e. The summed E-state index contributed by atoms with van der Waals surface area (Å²) in [7, 11) is 0. The number of carbonyl (C=O) groups is 1. The molecule has 4 nitrogen and oxygen atoms in total. The first-order chi connectivity index (χ1) is 9.25. The molecule has 0 fully saturated rings. The zero-order valence-electron chi connectivity index (χ0n) is 10.6. The van der Waals surface area contributed by atoms with E-state index in [4.69, 9.17) is 0 Å².